The third-order valence-electron chi connectivity index (χ3n) is 5.14. The smallest absolute Gasteiger partial charge is 0.299 e. The zero-order valence-corrected chi connectivity index (χ0v) is 19.8. The summed E-state index contributed by atoms with van der Waals surface area (Å²) in [5.74, 6) is -3.15. The molecule has 5 nitrogen and oxygen atoms in total. The van der Waals surface area contributed by atoms with Gasteiger partial charge in [0, 0.05) is 9.11 Å². The first-order valence-electron chi connectivity index (χ1n) is 9.75. The van der Waals surface area contributed by atoms with E-state index >= 15 is 0 Å². The Morgan fingerprint density at radius 3 is 2.45 bits per heavy atom. The van der Waals surface area contributed by atoms with Crippen molar-refractivity contribution in [3.05, 3.63) is 63.5 Å². The van der Waals surface area contributed by atoms with E-state index in [2.05, 4.69) is 21.3 Å². The topological polar surface area (TPSA) is 70.2 Å². The van der Waals surface area contributed by atoms with Crippen molar-refractivity contribution in [2.75, 3.05) is 10.0 Å². The standard InChI is InChI=1S/C21H23F3IN3O2S/c1-3-5-8-21(9-10-21)28-31(29,30)27-19-13(4-2)11-16(23)18(24)20(19)26-17-7-6-14(25)12-15(17)22/h3,6-7,11-12,26-28H,1,4-5,8-10H2,2H3. The Morgan fingerprint density at radius 1 is 1.16 bits per heavy atom. The van der Waals surface area contributed by atoms with E-state index in [0.29, 0.717) is 29.3 Å². The van der Waals surface area contributed by atoms with E-state index in [9.17, 15) is 21.6 Å². The average Bonchev–Trinajstić information content (AvgIpc) is 3.45. The molecule has 1 aliphatic rings. The number of rotatable bonds is 10. The molecule has 0 aromatic heterocycles. The molecular weight excluding hydrogens is 542 g/mol. The Hall–Kier alpha value is -1.79. The molecule has 3 N–H and O–H groups in total. The summed E-state index contributed by atoms with van der Waals surface area (Å²) in [6.07, 6.45) is 4.53. The summed E-state index contributed by atoms with van der Waals surface area (Å²) in [5, 5.41) is 2.53. The number of allylic oxidation sites excluding steroid dienone is 1. The summed E-state index contributed by atoms with van der Waals surface area (Å²) in [5.41, 5.74) is -1.08. The molecule has 10 heteroatoms. The molecule has 0 saturated heterocycles. The van der Waals surface area contributed by atoms with Crippen LogP contribution >= 0.6 is 22.6 Å². The van der Waals surface area contributed by atoms with Crippen LogP contribution in [-0.4, -0.2) is 14.0 Å². The van der Waals surface area contributed by atoms with E-state index in [4.69, 9.17) is 0 Å². The molecule has 0 unspecified atom stereocenters. The molecule has 1 fully saturated rings. The molecule has 1 aliphatic carbocycles. The molecule has 0 heterocycles. The summed E-state index contributed by atoms with van der Waals surface area (Å²) in [6, 6.07) is 5.12. The van der Waals surface area contributed by atoms with Gasteiger partial charge in [0.15, 0.2) is 11.6 Å². The Balaban J connectivity index is 1.98. The molecule has 0 amide bonds. The molecule has 0 radical (unpaired) electrons. The highest BCUT2D eigenvalue weighted by Gasteiger charge is 2.45. The fraction of sp³-hybridized carbons (Fsp3) is 0.333. The van der Waals surface area contributed by atoms with Crippen LogP contribution in [0.15, 0.2) is 36.9 Å². The van der Waals surface area contributed by atoms with Crippen LogP contribution in [0.5, 0.6) is 0 Å². The van der Waals surface area contributed by atoms with Gasteiger partial charge >= 0.3 is 0 Å². The highest BCUT2D eigenvalue weighted by Crippen LogP contribution is 2.41. The largest absolute Gasteiger partial charge is 0.349 e. The summed E-state index contributed by atoms with van der Waals surface area (Å²) in [7, 11) is -4.11. The Morgan fingerprint density at radius 2 is 1.87 bits per heavy atom. The first-order valence-corrected chi connectivity index (χ1v) is 12.3. The normalized spacial score (nSPS) is 14.9. The number of aryl methyl sites for hydroxylation is 1. The lowest BCUT2D eigenvalue weighted by atomic mass is 10.1. The molecule has 0 atom stereocenters. The minimum absolute atomic E-state index is 0.106. The second-order valence-corrected chi connectivity index (χ2v) is 10.2. The van der Waals surface area contributed by atoms with Crippen LogP contribution in [0, 0.1) is 21.0 Å². The van der Waals surface area contributed by atoms with Crippen molar-refractivity contribution in [1.29, 1.82) is 0 Å². The van der Waals surface area contributed by atoms with E-state index in [1.807, 2.05) is 22.6 Å². The van der Waals surface area contributed by atoms with Gasteiger partial charge in [-0.3, -0.25) is 4.72 Å². The first kappa shape index (κ1) is 23.9. The highest BCUT2D eigenvalue weighted by atomic mass is 127. The maximum absolute atomic E-state index is 14.7. The minimum atomic E-state index is -4.11. The molecule has 31 heavy (non-hydrogen) atoms. The molecule has 3 rings (SSSR count). The summed E-state index contributed by atoms with van der Waals surface area (Å²) in [4.78, 5) is 0. The fourth-order valence-electron chi connectivity index (χ4n) is 3.29. The van der Waals surface area contributed by atoms with Gasteiger partial charge in [-0.05, 0) is 84.5 Å². The third-order valence-corrected chi connectivity index (χ3v) is 6.99. The van der Waals surface area contributed by atoms with Crippen molar-refractivity contribution in [1.82, 2.24) is 4.72 Å². The van der Waals surface area contributed by atoms with Gasteiger partial charge in [-0.2, -0.15) is 13.1 Å². The maximum atomic E-state index is 14.7. The van der Waals surface area contributed by atoms with E-state index in [1.54, 1.807) is 19.1 Å². The number of nitrogens with one attached hydrogen (secondary N) is 3. The predicted molar refractivity (Wildman–Crippen MR) is 125 cm³/mol. The number of hydrogen-bond acceptors (Lipinski definition) is 3. The Kier molecular flexibility index (Phi) is 7.21. The SMILES string of the molecule is C=CCCC1(NS(=O)(=O)Nc2c(CC)cc(F)c(F)c2Nc2ccc(I)cc2F)CC1. The number of hydrogen-bond donors (Lipinski definition) is 3. The minimum Gasteiger partial charge on any atom is -0.349 e. The van der Waals surface area contributed by atoms with Crippen LogP contribution in [0.3, 0.4) is 0 Å². The van der Waals surface area contributed by atoms with E-state index in [-0.39, 0.29) is 23.4 Å². The molecule has 0 bridgehead atoms. The second-order valence-electron chi connectivity index (χ2n) is 7.50. The van der Waals surface area contributed by atoms with Gasteiger partial charge in [0.2, 0.25) is 0 Å². The summed E-state index contributed by atoms with van der Waals surface area (Å²) >= 11 is 1.92. The van der Waals surface area contributed by atoms with Crippen molar-refractivity contribution in [3.63, 3.8) is 0 Å². The molecule has 2 aromatic rings. The number of benzene rings is 2. The van der Waals surface area contributed by atoms with Crippen LogP contribution in [-0.2, 0) is 16.6 Å². The lowest BCUT2D eigenvalue weighted by Crippen LogP contribution is -2.40. The van der Waals surface area contributed by atoms with Crippen molar-refractivity contribution >= 4 is 49.9 Å². The van der Waals surface area contributed by atoms with Gasteiger partial charge in [-0.25, -0.2) is 13.2 Å². The van der Waals surface area contributed by atoms with Crippen LogP contribution in [0.25, 0.3) is 0 Å². The molecule has 1 saturated carbocycles. The first-order chi connectivity index (χ1) is 14.6. The van der Waals surface area contributed by atoms with Gasteiger partial charge in [-0.1, -0.05) is 13.0 Å². The average molecular weight is 565 g/mol. The maximum Gasteiger partial charge on any atom is 0.299 e. The van der Waals surface area contributed by atoms with Crippen LogP contribution in [0.4, 0.5) is 30.2 Å². The molecule has 0 spiro atoms. The number of halogens is 4. The molecule has 2 aromatic carbocycles. The summed E-state index contributed by atoms with van der Waals surface area (Å²) in [6.45, 7) is 5.33. The van der Waals surface area contributed by atoms with Gasteiger partial charge in [0.25, 0.3) is 10.2 Å². The second kappa shape index (κ2) is 9.37. The molecule has 168 valence electrons. The Labute approximate surface area is 193 Å². The zero-order chi connectivity index (χ0) is 22.8. The van der Waals surface area contributed by atoms with Gasteiger partial charge in [0.05, 0.1) is 11.4 Å². The van der Waals surface area contributed by atoms with E-state index < -0.39 is 38.9 Å². The third kappa shape index (κ3) is 5.72. The van der Waals surface area contributed by atoms with Crippen molar-refractivity contribution in [2.45, 2.75) is 44.6 Å². The summed E-state index contributed by atoms with van der Waals surface area (Å²) < 4.78 is 74.5. The van der Waals surface area contributed by atoms with Crippen LogP contribution < -0.4 is 14.8 Å². The van der Waals surface area contributed by atoms with Crippen molar-refractivity contribution in [2.24, 2.45) is 0 Å². The van der Waals surface area contributed by atoms with Gasteiger partial charge in [0.1, 0.15) is 11.5 Å². The van der Waals surface area contributed by atoms with E-state index in [0.717, 1.165) is 6.07 Å². The zero-order valence-electron chi connectivity index (χ0n) is 16.9. The fourth-order valence-corrected chi connectivity index (χ4v) is 5.18. The van der Waals surface area contributed by atoms with Gasteiger partial charge < -0.3 is 5.32 Å². The molecule has 0 aliphatic heterocycles. The molecular formula is C21H23F3IN3O2S. The Bertz CT molecular complexity index is 1110. The number of anilines is 3. The highest BCUT2D eigenvalue weighted by molar-refractivity contribution is 14.1. The predicted octanol–water partition coefficient (Wildman–Crippen LogP) is 5.76. The van der Waals surface area contributed by atoms with E-state index in [1.165, 1.54) is 12.1 Å². The lowest BCUT2D eigenvalue weighted by molar-refractivity contribution is 0.510. The van der Waals surface area contributed by atoms with Crippen LogP contribution in [0.1, 0.15) is 38.2 Å². The lowest BCUT2D eigenvalue weighted by Gasteiger charge is -2.22. The van der Waals surface area contributed by atoms with Crippen molar-refractivity contribution < 1.29 is 21.6 Å². The van der Waals surface area contributed by atoms with Gasteiger partial charge in [-0.15, -0.1) is 6.58 Å². The monoisotopic (exact) mass is 565 g/mol. The van der Waals surface area contributed by atoms with Crippen LogP contribution in [0.2, 0.25) is 0 Å². The quantitative estimate of drug-likeness (QED) is 0.254. The van der Waals surface area contributed by atoms with Crippen molar-refractivity contribution in [3.8, 4) is 0 Å².